The van der Waals surface area contributed by atoms with E-state index in [9.17, 15) is 15.0 Å². The first-order valence-electron chi connectivity index (χ1n) is 6.54. The first-order chi connectivity index (χ1) is 8.21. The standard InChI is InChI=1S/C15H22O3/c1-9(2)15(18)8-14(4)10(3)12(16)6-5-11(14)7-13(15)17/h7,10,12,16,18H,1,5-6,8H2,2-4H3. The van der Waals surface area contributed by atoms with Crippen molar-refractivity contribution >= 4 is 5.78 Å². The molecule has 4 atom stereocenters. The molecule has 0 aromatic rings. The molecule has 4 unspecified atom stereocenters. The van der Waals surface area contributed by atoms with E-state index in [2.05, 4.69) is 6.58 Å². The number of hydrogen-bond acceptors (Lipinski definition) is 3. The van der Waals surface area contributed by atoms with E-state index in [0.29, 0.717) is 18.4 Å². The van der Waals surface area contributed by atoms with E-state index < -0.39 is 5.60 Å². The monoisotopic (exact) mass is 250 g/mol. The maximum atomic E-state index is 12.1. The SMILES string of the molecule is C=C(C)C1(O)CC2(C)C(=CC1=O)CCC(O)C2C. The van der Waals surface area contributed by atoms with Crippen molar-refractivity contribution in [1.82, 2.24) is 0 Å². The molecule has 0 aliphatic heterocycles. The molecular formula is C15H22O3. The highest BCUT2D eigenvalue weighted by molar-refractivity contribution is 6.01. The van der Waals surface area contributed by atoms with Gasteiger partial charge in [0.05, 0.1) is 6.10 Å². The summed E-state index contributed by atoms with van der Waals surface area (Å²) in [5.41, 5.74) is -0.240. The summed E-state index contributed by atoms with van der Waals surface area (Å²) in [6, 6.07) is 0. The zero-order valence-corrected chi connectivity index (χ0v) is 11.4. The average Bonchev–Trinajstić information content (AvgIpc) is 2.28. The minimum absolute atomic E-state index is 0.0384. The molecule has 3 heteroatoms. The summed E-state index contributed by atoms with van der Waals surface area (Å²) in [5.74, 6) is -0.220. The Hall–Kier alpha value is -0.930. The third-order valence-electron chi connectivity index (χ3n) is 5.07. The summed E-state index contributed by atoms with van der Waals surface area (Å²) in [4.78, 5) is 12.1. The topological polar surface area (TPSA) is 57.5 Å². The molecule has 2 N–H and O–H groups in total. The second kappa shape index (κ2) is 4.04. The molecule has 2 aliphatic carbocycles. The van der Waals surface area contributed by atoms with Crippen LogP contribution in [0.25, 0.3) is 0 Å². The van der Waals surface area contributed by atoms with E-state index in [0.717, 1.165) is 12.0 Å². The van der Waals surface area contributed by atoms with Gasteiger partial charge in [0.2, 0.25) is 0 Å². The quantitative estimate of drug-likeness (QED) is 0.700. The third-order valence-corrected chi connectivity index (χ3v) is 5.07. The van der Waals surface area contributed by atoms with Crippen LogP contribution in [0, 0.1) is 11.3 Å². The summed E-state index contributed by atoms with van der Waals surface area (Å²) in [7, 11) is 0. The Morgan fingerprint density at radius 1 is 1.56 bits per heavy atom. The van der Waals surface area contributed by atoms with Gasteiger partial charge >= 0.3 is 0 Å². The van der Waals surface area contributed by atoms with Crippen LogP contribution in [-0.4, -0.2) is 27.7 Å². The van der Waals surface area contributed by atoms with E-state index >= 15 is 0 Å². The molecule has 0 bridgehead atoms. The molecule has 0 aromatic heterocycles. The van der Waals surface area contributed by atoms with Crippen molar-refractivity contribution in [3.8, 4) is 0 Å². The molecule has 0 spiro atoms. The Morgan fingerprint density at radius 2 is 2.17 bits per heavy atom. The molecular weight excluding hydrogens is 228 g/mol. The number of carbonyl (C=O) groups excluding carboxylic acids is 1. The molecule has 0 radical (unpaired) electrons. The predicted molar refractivity (Wildman–Crippen MR) is 70.0 cm³/mol. The van der Waals surface area contributed by atoms with Gasteiger partial charge in [-0.2, -0.15) is 0 Å². The van der Waals surface area contributed by atoms with Gasteiger partial charge in [0, 0.05) is 0 Å². The number of rotatable bonds is 1. The van der Waals surface area contributed by atoms with Crippen LogP contribution in [0.3, 0.4) is 0 Å². The minimum atomic E-state index is -1.47. The van der Waals surface area contributed by atoms with Crippen LogP contribution in [0.15, 0.2) is 23.8 Å². The van der Waals surface area contributed by atoms with Crippen LogP contribution < -0.4 is 0 Å². The van der Waals surface area contributed by atoms with Crippen molar-refractivity contribution in [3.63, 3.8) is 0 Å². The highest BCUT2D eigenvalue weighted by atomic mass is 16.3. The molecule has 0 amide bonds. The first kappa shape index (κ1) is 13.5. The zero-order valence-electron chi connectivity index (χ0n) is 11.4. The lowest BCUT2D eigenvalue weighted by Crippen LogP contribution is -2.53. The van der Waals surface area contributed by atoms with E-state index in [1.54, 1.807) is 13.0 Å². The van der Waals surface area contributed by atoms with Crippen LogP contribution in [-0.2, 0) is 4.79 Å². The number of aliphatic hydroxyl groups excluding tert-OH is 1. The van der Waals surface area contributed by atoms with Gasteiger partial charge in [-0.3, -0.25) is 4.79 Å². The van der Waals surface area contributed by atoms with Crippen molar-refractivity contribution < 1.29 is 15.0 Å². The Balaban J connectivity index is 2.49. The fourth-order valence-corrected chi connectivity index (χ4v) is 3.32. The average molecular weight is 250 g/mol. The van der Waals surface area contributed by atoms with Gasteiger partial charge in [-0.25, -0.2) is 0 Å². The molecule has 18 heavy (non-hydrogen) atoms. The summed E-state index contributed by atoms with van der Waals surface area (Å²) < 4.78 is 0. The minimum Gasteiger partial charge on any atom is -0.393 e. The van der Waals surface area contributed by atoms with Crippen molar-refractivity contribution in [3.05, 3.63) is 23.8 Å². The Labute approximate surface area is 108 Å². The number of carbonyl (C=O) groups is 1. The molecule has 1 saturated carbocycles. The van der Waals surface area contributed by atoms with Crippen LogP contribution in [0.2, 0.25) is 0 Å². The lowest BCUT2D eigenvalue weighted by atomic mass is 9.55. The second-order valence-corrected chi connectivity index (χ2v) is 6.16. The maximum Gasteiger partial charge on any atom is 0.191 e. The Bertz CT molecular complexity index is 437. The van der Waals surface area contributed by atoms with Crippen LogP contribution in [0.5, 0.6) is 0 Å². The molecule has 0 saturated heterocycles. The van der Waals surface area contributed by atoms with Gasteiger partial charge in [-0.15, -0.1) is 0 Å². The smallest absolute Gasteiger partial charge is 0.191 e. The largest absolute Gasteiger partial charge is 0.393 e. The number of hydrogen-bond donors (Lipinski definition) is 2. The van der Waals surface area contributed by atoms with Gasteiger partial charge in [0.15, 0.2) is 5.78 Å². The van der Waals surface area contributed by atoms with Crippen LogP contribution in [0.4, 0.5) is 0 Å². The first-order valence-corrected chi connectivity index (χ1v) is 6.54. The van der Waals surface area contributed by atoms with Gasteiger partial charge < -0.3 is 10.2 Å². The molecule has 0 aromatic carbocycles. The fraction of sp³-hybridized carbons (Fsp3) is 0.667. The predicted octanol–water partition coefficient (Wildman–Crippen LogP) is 1.99. The lowest BCUT2D eigenvalue weighted by Gasteiger charge is -2.50. The fourth-order valence-electron chi connectivity index (χ4n) is 3.32. The highest BCUT2D eigenvalue weighted by Gasteiger charge is 2.53. The lowest BCUT2D eigenvalue weighted by molar-refractivity contribution is -0.135. The Morgan fingerprint density at radius 3 is 2.72 bits per heavy atom. The van der Waals surface area contributed by atoms with Gasteiger partial charge in [0.1, 0.15) is 5.60 Å². The van der Waals surface area contributed by atoms with Crippen molar-refractivity contribution in [1.29, 1.82) is 0 Å². The molecule has 100 valence electrons. The number of fused-ring (bicyclic) bond motifs is 1. The maximum absolute atomic E-state index is 12.1. The molecule has 0 heterocycles. The summed E-state index contributed by atoms with van der Waals surface area (Å²) >= 11 is 0. The number of ketones is 1. The van der Waals surface area contributed by atoms with Gasteiger partial charge in [-0.1, -0.05) is 26.0 Å². The molecule has 1 fully saturated rings. The Kier molecular flexibility index (Phi) is 3.03. The third kappa shape index (κ3) is 1.69. The molecule has 2 aliphatic rings. The van der Waals surface area contributed by atoms with Crippen molar-refractivity contribution in [2.75, 3.05) is 0 Å². The summed E-state index contributed by atoms with van der Waals surface area (Å²) in [6.07, 6.45) is 2.98. The summed E-state index contributed by atoms with van der Waals surface area (Å²) in [5, 5.41) is 20.6. The number of aliphatic hydroxyl groups is 2. The van der Waals surface area contributed by atoms with E-state index in [4.69, 9.17) is 0 Å². The summed E-state index contributed by atoms with van der Waals surface area (Å²) in [6.45, 7) is 9.46. The zero-order chi connectivity index (χ0) is 13.7. The normalized spacial score (nSPS) is 44.3. The van der Waals surface area contributed by atoms with E-state index in [1.807, 2.05) is 13.8 Å². The number of allylic oxidation sites excluding steroid dienone is 1. The van der Waals surface area contributed by atoms with Crippen LogP contribution >= 0.6 is 0 Å². The van der Waals surface area contributed by atoms with Crippen molar-refractivity contribution in [2.24, 2.45) is 11.3 Å². The van der Waals surface area contributed by atoms with Gasteiger partial charge in [-0.05, 0) is 49.2 Å². The molecule has 3 nitrogen and oxygen atoms in total. The van der Waals surface area contributed by atoms with E-state index in [-0.39, 0.29) is 23.2 Å². The van der Waals surface area contributed by atoms with Crippen LogP contribution in [0.1, 0.15) is 40.0 Å². The molecule has 2 rings (SSSR count). The van der Waals surface area contributed by atoms with Crippen molar-refractivity contribution in [2.45, 2.75) is 51.7 Å². The van der Waals surface area contributed by atoms with E-state index in [1.165, 1.54) is 0 Å². The highest BCUT2D eigenvalue weighted by Crippen LogP contribution is 2.53. The second-order valence-electron chi connectivity index (χ2n) is 6.16. The van der Waals surface area contributed by atoms with Gasteiger partial charge in [0.25, 0.3) is 0 Å².